The number of nitrogens with one attached hydrogen (secondary N) is 2. The van der Waals surface area contributed by atoms with Crippen molar-refractivity contribution in [2.75, 3.05) is 17.6 Å². The fourth-order valence-electron chi connectivity index (χ4n) is 1.37. The van der Waals surface area contributed by atoms with Crippen molar-refractivity contribution in [3.05, 3.63) is 11.9 Å². The second kappa shape index (κ2) is 5.97. The van der Waals surface area contributed by atoms with Gasteiger partial charge in [0.25, 0.3) is 0 Å². The third-order valence-corrected chi connectivity index (χ3v) is 2.06. The summed E-state index contributed by atoms with van der Waals surface area (Å²) in [5, 5.41) is 19.0. The second-order valence-electron chi connectivity index (χ2n) is 4.91. The maximum absolute atomic E-state index is 11.6. The van der Waals surface area contributed by atoms with Gasteiger partial charge in [-0.15, -0.1) is 0 Å². The molecule has 0 aliphatic rings. The van der Waals surface area contributed by atoms with Crippen molar-refractivity contribution in [2.24, 2.45) is 0 Å². The van der Waals surface area contributed by atoms with E-state index in [9.17, 15) is 4.79 Å². The third-order valence-electron chi connectivity index (χ3n) is 2.06. The molecule has 20 heavy (non-hydrogen) atoms. The van der Waals surface area contributed by atoms with Gasteiger partial charge < -0.3 is 15.8 Å². The molecule has 8 heteroatoms. The van der Waals surface area contributed by atoms with E-state index in [1.54, 1.807) is 26.8 Å². The minimum Gasteiger partial charge on any atom is -0.459 e. The van der Waals surface area contributed by atoms with Crippen LogP contribution in [0.25, 0.3) is 0 Å². The van der Waals surface area contributed by atoms with Gasteiger partial charge in [0.1, 0.15) is 41.9 Å². The molecule has 0 unspecified atom stereocenters. The minimum atomic E-state index is -0.592. The van der Waals surface area contributed by atoms with E-state index in [-0.39, 0.29) is 29.5 Å². The molecule has 8 nitrogen and oxygen atoms in total. The van der Waals surface area contributed by atoms with Gasteiger partial charge in [0, 0.05) is 0 Å². The summed E-state index contributed by atoms with van der Waals surface area (Å²) in [6.07, 6.45) is 1.18. The molecule has 0 radical (unpaired) electrons. The van der Waals surface area contributed by atoms with Gasteiger partial charge in [0.05, 0.1) is 5.56 Å². The van der Waals surface area contributed by atoms with Crippen LogP contribution in [-0.4, -0.2) is 33.8 Å². The predicted molar refractivity (Wildman–Crippen MR) is 73.2 cm³/mol. The zero-order valence-electron chi connectivity index (χ0n) is 11.5. The molecule has 1 aromatic heterocycles. The monoisotopic (exact) mass is 276 g/mol. The molecule has 0 aliphatic carbocycles. The van der Waals surface area contributed by atoms with Crippen molar-refractivity contribution in [3.63, 3.8) is 0 Å². The number of rotatable bonds is 4. The van der Waals surface area contributed by atoms with Crippen molar-refractivity contribution in [2.45, 2.75) is 26.4 Å². The fraction of sp³-hybridized carbons (Fsp3) is 0.417. The summed E-state index contributed by atoms with van der Waals surface area (Å²) < 4.78 is 5.12. The van der Waals surface area contributed by atoms with Gasteiger partial charge in [-0.3, -0.25) is 10.2 Å². The minimum absolute atomic E-state index is 0.00163. The second-order valence-corrected chi connectivity index (χ2v) is 4.91. The molecule has 106 valence electrons. The van der Waals surface area contributed by atoms with E-state index in [2.05, 4.69) is 15.3 Å². The van der Waals surface area contributed by atoms with E-state index in [1.807, 2.05) is 0 Å². The number of aromatic nitrogens is 2. The Morgan fingerprint density at radius 3 is 2.75 bits per heavy atom. The van der Waals surface area contributed by atoms with Crippen molar-refractivity contribution in [1.29, 1.82) is 10.7 Å². The third kappa shape index (κ3) is 4.20. The molecule has 0 spiro atoms. The van der Waals surface area contributed by atoms with Crippen molar-refractivity contribution >= 4 is 23.3 Å². The molecule has 1 rings (SSSR count). The topological polar surface area (TPSA) is 138 Å². The van der Waals surface area contributed by atoms with E-state index in [0.29, 0.717) is 0 Å². The summed E-state index contributed by atoms with van der Waals surface area (Å²) in [6, 6.07) is 1.66. The molecule has 1 aromatic rings. The smallest absolute Gasteiger partial charge is 0.325 e. The van der Waals surface area contributed by atoms with Crippen LogP contribution in [0, 0.1) is 16.7 Å². The lowest BCUT2D eigenvalue weighted by Crippen LogP contribution is -2.28. The number of hydrogen-bond acceptors (Lipinski definition) is 8. The molecule has 0 saturated carbocycles. The maximum atomic E-state index is 11.6. The number of carbonyl (C=O) groups is 1. The van der Waals surface area contributed by atoms with E-state index in [0.717, 1.165) is 0 Å². The average molecular weight is 276 g/mol. The number of carbonyl (C=O) groups excluding carboxylic acids is 1. The number of nitrogens with zero attached hydrogens (tertiary/aromatic N) is 3. The van der Waals surface area contributed by atoms with Crippen LogP contribution in [0.5, 0.6) is 0 Å². The lowest BCUT2D eigenvalue weighted by atomic mass is 10.2. The van der Waals surface area contributed by atoms with Crippen molar-refractivity contribution in [3.8, 4) is 6.07 Å². The number of esters is 1. The van der Waals surface area contributed by atoms with Gasteiger partial charge in [-0.2, -0.15) is 5.26 Å². The highest BCUT2D eigenvalue weighted by Crippen LogP contribution is 2.17. The van der Waals surface area contributed by atoms with Crippen molar-refractivity contribution < 1.29 is 9.53 Å². The first kappa shape index (κ1) is 15.4. The molecule has 1 heterocycles. The van der Waals surface area contributed by atoms with Gasteiger partial charge in [-0.25, -0.2) is 9.97 Å². The Hall–Kier alpha value is -2.69. The fourth-order valence-corrected chi connectivity index (χ4v) is 1.37. The summed E-state index contributed by atoms with van der Waals surface area (Å²) >= 11 is 0. The van der Waals surface area contributed by atoms with Gasteiger partial charge in [0.15, 0.2) is 0 Å². The highest BCUT2D eigenvalue weighted by Gasteiger charge is 2.18. The predicted octanol–water partition coefficient (Wildman–Crippen LogP) is 0.704. The van der Waals surface area contributed by atoms with Crippen LogP contribution in [0.2, 0.25) is 0 Å². The lowest BCUT2D eigenvalue weighted by Gasteiger charge is -2.20. The highest BCUT2D eigenvalue weighted by molar-refractivity contribution is 6.15. The van der Waals surface area contributed by atoms with Gasteiger partial charge in [-0.05, 0) is 20.8 Å². The molecular formula is C12H16N6O2. The molecular weight excluding hydrogens is 260 g/mol. The highest BCUT2D eigenvalue weighted by atomic mass is 16.6. The van der Waals surface area contributed by atoms with Gasteiger partial charge in [-0.1, -0.05) is 0 Å². The molecule has 0 bridgehead atoms. The van der Waals surface area contributed by atoms with Crippen LogP contribution < -0.4 is 11.1 Å². The molecule has 0 atom stereocenters. The largest absolute Gasteiger partial charge is 0.459 e. The Balaban J connectivity index is 2.84. The Morgan fingerprint density at radius 1 is 1.55 bits per heavy atom. The lowest BCUT2D eigenvalue weighted by molar-refractivity contribution is -0.152. The number of ether oxygens (including phenoxy) is 1. The van der Waals surface area contributed by atoms with Crippen LogP contribution in [0.3, 0.4) is 0 Å². The number of nitrogens with two attached hydrogens (primary N) is 1. The average Bonchev–Trinajstić information content (AvgIpc) is 2.33. The van der Waals surface area contributed by atoms with Gasteiger partial charge >= 0.3 is 5.97 Å². The Labute approximate surface area is 116 Å². The molecule has 0 aliphatic heterocycles. The summed E-state index contributed by atoms with van der Waals surface area (Å²) in [5.41, 5.74) is 4.70. The van der Waals surface area contributed by atoms with Crippen LogP contribution in [-0.2, 0) is 9.53 Å². The first-order valence-electron chi connectivity index (χ1n) is 5.80. The Kier molecular flexibility index (Phi) is 4.59. The van der Waals surface area contributed by atoms with Crippen molar-refractivity contribution in [1.82, 2.24) is 9.97 Å². The molecule has 0 fully saturated rings. The summed E-state index contributed by atoms with van der Waals surface area (Å²) in [7, 11) is 0. The molecule has 0 aromatic carbocycles. The zero-order valence-corrected chi connectivity index (χ0v) is 11.5. The first-order chi connectivity index (χ1) is 9.24. The summed E-state index contributed by atoms with van der Waals surface area (Å²) in [4.78, 5) is 19.2. The van der Waals surface area contributed by atoms with Crippen LogP contribution in [0.1, 0.15) is 26.3 Å². The zero-order chi connectivity index (χ0) is 15.3. The standard InChI is InChI=1S/C12H16N6O2/c1-12(2,3)20-8(19)5-16-11-9(7(14)4-13)10(15)17-6-18-11/h6,14H,5H2,1-3H3,(H3,15,16,17,18). The van der Waals surface area contributed by atoms with Crippen LogP contribution in [0.15, 0.2) is 6.33 Å². The first-order valence-corrected chi connectivity index (χ1v) is 5.80. The number of nitrogen functional groups attached to an aromatic ring is 1. The van der Waals surface area contributed by atoms with Crippen LogP contribution >= 0.6 is 0 Å². The summed E-state index contributed by atoms with van der Waals surface area (Å²) in [6.45, 7) is 5.11. The Morgan fingerprint density at radius 2 is 2.20 bits per heavy atom. The normalized spacial score (nSPS) is 10.5. The van der Waals surface area contributed by atoms with E-state index in [1.165, 1.54) is 6.33 Å². The molecule has 0 amide bonds. The molecule has 0 saturated heterocycles. The molecule has 4 N–H and O–H groups in total. The SMILES string of the molecule is CC(C)(C)OC(=O)CNc1ncnc(N)c1C(=N)C#N. The van der Waals surface area contributed by atoms with Crippen LogP contribution in [0.4, 0.5) is 11.6 Å². The van der Waals surface area contributed by atoms with E-state index in [4.69, 9.17) is 21.1 Å². The quantitative estimate of drug-likeness (QED) is 0.543. The Bertz CT molecular complexity index is 570. The van der Waals surface area contributed by atoms with E-state index < -0.39 is 11.6 Å². The number of anilines is 2. The van der Waals surface area contributed by atoms with Gasteiger partial charge in [0.2, 0.25) is 0 Å². The van der Waals surface area contributed by atoms with E-state index >= 15 is 0 Å². The maximum Gasteiger partial charge on any atom is 0.325 e. The number of nitriles is 1. The number of hydrogen-bond donors (Lipinski definition) is 3. The summed E-state index contributed by atoms with van der Waals surface area (Å²) in [5.74, 6) is -0.336.